The molecule has 0 radical (unpaired) electrons. The third-order valence-electron chi connectivity index (χ3n) is 2.86. The van der Waals surface area contributed by atoms with E-state index in [4.69, 9.17) is 17.3 Å². The fourth-order valence-electron chi connectivity index (χ4n) is 1.84. The molecule has 2 rings (SSSR count). The quantitative estimate of drug-likeness (QED) is 0.883. The van der Waals surface area contributed by atoms with Crippen molar-refractivity contribution in [1.82, 2.24) is 9.78 Å². The highest BCUT2D eigenvalue weighted by Crippen LogP contribution is 2.27. The summed E-state index contributed by atoms with van der Waals surface area (Å²) < 4.78 is 2.40. The van der Waals surface area contributed by atoms with E-state index in [1.165, 1.54) is 0 Å². The van der Waals surface area contributed by atoms with Gasteiger partial charge in [0, 0.05) is 11.0 Å². The van der Waals surface area contributed by atoms with Gasteiger partial charge in [-0.1, -0.05) is 27.5 Å². The molecule has 1 aromatic heterocycles. The van der Waals surface area contributed by atoms with Crippen LogP contribution in [-0.2, 0) is 6.54 Å². The number of amides is 1. The van der Waals surface area contributed by atoms with Gasteiger partial charge in [-0.3, -0.25) is 9.48 Å². The monoisotopic (exact) mass is 356 g/mol. The third kappa shape index (κ3) is 2.81. The lowest BCUT2D eigenvalue weighted by Crippen LogP contribution is -2.19. The molecule has 1 heterocycles. The summed E-state index contributed by atoms with van der Waals surface area (Å²) >= 11 is 9.39. The molecule has 7 heteroatoms. The van der Waals surface area contributed by atoms with E-state index in [0.717, 1.165) is 4.47 Å². The van der Waals surface area contributed by atoms with Crippen molar-refractivity contribution in [2.45, 2.75) is 20.4 Å². The fraction of sp³-hybridized carbons (Fsp3) is 0.231. The number of hydrogen-bond acceptors (Lipinski definition) is 3. The minimum atomic E-state index is -0.329. The Morgan fingerprint density at radius 3 is 2.90 bits per heavy atom. The largest absolute Gasteiger partial charge is 0.395 e. The van der Waals surface area contributed by atoms with Crippen molar-refractivity contribution < 1.29 is 4.79 Å². The first-order valence-electron chi connectivity index (χ1n) is 6.03. The van der Waals surface area contributed by atoms with Crippen LogP contribution >= 0.6 is 27.5 Å². The molecule has 0 saturated carbocycles. The second-order valence-electron chi connectivity index (χ2n) is 4.24. The Kier molecular flexibility index (Phi) is 4.35. The molecular weight excluding hydrogens is 344 g/mol. The summed E-state index contributed by atoms with van der Waals surface area (Å²) in [6.07, 6.45) is 0. The maximum atomic E-state index is 12.4. The van der Waals surface area contributed by atoms with E-state index in [2.05, 4.69) is 26.3 Å². The molecule has 3 N–H and O–H groups in total. The van der Waals surface area contributed by atoms with Crippen LogP contribution in [0.1, 0.15) is 23.1 Å². The number of carbonyl (C=O) groups is 1. The van der Waals surface area contributed by atoms with Gasteiger partial charge in [-0.15, -0.1) is 0 Å². The number of nitrogens with one attached hydrogen (secondary N) is 1. The molecule has 0 aliphatic heterocycles. The summed E-state index contributed by atoms with van der Waals surface area (Å²) in [5, 5.41) is 7.43. The van der Waals surface area contributed by atoms with Gasteiger partial charge in [-0.2, -0.15) is 5.10 Å². The topological polar surface area (TPSA) is 72.9 Å². The van der Waals surface area contributed by atoms with Crippen LogP contribution in [0, 0.1) is 6.92 Å². The molecule has 0 unspecified atom stereocenters. The first-order chi connectivity index (χ1) is 9.43. The third-order valence-corrected chi connectivity index (χ3v) is 3.69. The molecule has 0 fully saturated rings. The van der Waals surface area contributed by atoms with E-state index in [1.807, 2.05) is 6.92 Å². The number of benzene rings is 1. The summed E-state index contributed by atoms with van der Waals surface area (Å²) in [7, 11) is 0. The van der Waals surface area contributed by atoms with E-state index < -0.39 is 0 Å². The maximum Gasteiger partial charge on any atom is 0.276 e. The number of hydrogen-bond donors (Lipinski definition) is 2. The molecule has 5 nitrogen and oxygen atoms in total. The predicted octanol–water partition coefficient (Wildman–Crippen LogP) is 3.46. The number of aromatic nitrogens is 2. The first kappa shape index (κ1) is 14.9. The number of halogens is 2. The number of anilines is 2. The Labute approximate surface area is 130 Å². The normalized spacial score (nSPS) is 10.6. The number of rotatable bonds is 3. The molecule has 0 saturated heterocycles. The second-order valence-corrected chi connectivity index (χ2v) is 5.56. The van der Waals surface area contributed by atoms with Crippen LogP contribution in [0.3, 0.4) is 0 Å². The van der Waals surface area contributed by atoms with Crippen molar-refractivity contribution in [3.63, 3.8) is 0 Å². The van der Waals surface area contributed by atoms with Gasteiger partial charge in [0.2, 0.25) is 0 Å². The zero-order valence-electron chi connectivity index (χ0n) is 11.1. The highest BCUT2D eigenvalue weighted by molar-refractivity contribution is 9.10. The highest BCUT2D eigenvalue weighted by atomic mass is 79.9. The summed E-state index contributed by atoms with van der Waals surface area (Å²) in [5.74, 6) is -0.329. The Bertz CT molecular complexity index is 669. The summed E-state index contributed by atoms with van der Waals surface area (Å²) in [6, 6.07) is 5.23. The number of nitrogens with two attached hydrogens (primary N) is 1. The van der Waals surface area contributed by atoms with E-state index in [0.29, 0.717) is 34.3 Å². The van der Waals surface area contributed by atoms with Crippen molar-refractivity contribution in [1.29, 1.82) is 0 Å². The Morgan fingerprint density at radius 2 is 2.25 bits per heavy atom. The first-order valence-corrected chi connectivity index (χ1v) is 7.20. The zero-order chi connectivity index (χ0) is 14.9. The number of aryl methyl sites for hydroxylation is 2. The van der Waals surface area contributed by atoms with Crippen LogP contribution in [-0.4, -0.2) is 15.7 Å². The number of carbonyl (C=O) groups excluding carboxylic acids is 1. The van der Waals surface area contributed by atoms with E-state index in [-0.39, 0.29) is 5.91 Å². The average Bonchev–Trinajstić information content (AvgIpc) is 2.69. The minimum Gasteiger partial charge on any atom is -0.395 e. The SMILES string of the molecule is CCn1nc(C)c(N)c1C(=O)Nc1cc(Br)ccc1Cl. The van der Waals surface area contributed by atoms with Gasteiger partial charge in [0.15, 0.2) is 0 Å². The van der Waals surface area contributed by atoms with E-state index in [9.17, 15) is 4.79 Å². The van der Waals surface area contributed by atoms with Gasteiger partial charge >= 0.3 is 0 Å². The molecule has 0 atom stereocenters. The van der Waals surface area contributed by atoms with Crippen LogP contribution in [0.15, 0.2) is 22.7 Å². The molecule has 0 bridgehead atoms. The van der Waals surface area contributed by atoms with E-state index in [1.54, 1.807) is 29.8 Å². The lowest BCUT2D eigenvalue weighted by Gasteiger charge is -2.09. The fourth-order valence-corrected chi connectivity index (χ4v) is 2.36. The molecule has 20 heavy (non-hydrogen) atoms. The molecular formula is C13H14BrClN4O. The van der Waals surface area contributed by atoms with Gasteiger partial charge < -0.3 is 11.1 Å². The average molecular weight is 358 g/mol. The number of nitrogens with zero attached hydrogens (tertiary/aromatic N) is 2. The van der Waals surface area contributed by atoms with Gasteiger partial charge in [0.1, 0.15) is 5.69 Å². The molecule has 0 aliphatic carbocycles. The van der Waals surface area contributed by atoms with Gasteiger partial charge in [-0.05, 0) is 32.0 Å². The molecule has 1 aromatic carbocycles. The lowest BCUT2D eigenvalue weighted by molar-refractivity contribution is 0.101. The Hall–Kier alpha value is -1.53. The molecule has 1 amide bonds. The van der Waals surface area contributed by atoms with Crippen LogP contribution in [0.5, 0.6) is 0 Å². The standard InChI is InChI=1S/C13H14BrClN4O/c1-3-19-12(11(16)7(2)18-19)13(20)17-10-6-8(14)4-5-9(10)15/h4-6H,3,16H2,1-2H3,(H,17,20). The van der Waals surface area contributed by atoms with Crippen molar-refractivity contribution in [3.05, 3.63) is 39.1 Å². The molecule has 0 aliphatic rings. The smallest absolute Gasteiger partial charge is 0.276 e. The van der Waals surface area contributed by atoms with Gasteiger partial charge in [-0.25, -0.2) is 0 Å². The van der Waals surface area contributed by atoms with Crippen molar-refractivity contribution in [2.24, 2.45) is 0 Å². The van der Waals surface area contributed by atoms with Crippen LogP contribution in [0.4, 0.5) is 11.4 Å². The molecule has 0 spiro atoms. The summed E-state index contributed by atoms with van der Waals surface area (Å²) in [6.45, 7) is 4.23. The van der Waals surface area contributed by atoms with Crippen LogP contribution in [0.2, 0.25) is 5.02 Å². The lowest BCUT2D eigenvalue weighted by atomic mass is 10.2. The highest BCUT2D eigenvalue weighted by Gasteiger charge is 2.19. The summed E-state index contributed by atoms with van der Waals surface area (Å²) in [5.41, 5.74) is 7.80. The van der Waals surface area contributed by atoms with Gasteiger partial charge in [0.05, 0.1) is 22.1 Å². The van der Waals surface area contributed by atoms with Crippen LogP contribution in [0.25, 0.3) is 0 Å². The van der Waals surface area contributed by atoms with Crippen molar-refractivity contribution in [2.75, 3.05) is 11.1 Å². The Morgan fingerprint density at radius 1 is 1.55 bits per heavy atom. The molecule has 106 valence electrons. The van der Waals surface area contributed by atoms with Crippen molar-refractivity contribution >= 4 is 44.8 Å². The zero-order valence-corrected chi connectivity index (χ0v) is 13.4. The minimum absolute atomic E-state index is 0.329. The molecule has 2 aromatic rings. The second kappa shape index (κ2) is 5.85. The number of nitrogen functional groups attached to an aromatic ring is 1. The predicted molar refractivity (Wildman–Crippen MR) is 84.2 cm³/mol. The van der Waals surface area contributed by atoms with Crippen LogP contribution < -0.4 is 11.1 Å². The maximum absolute atomic E-state index is 12.4. The van der Waals surface area contributed by atoms with E-state index >= 15 is 0 Å². The van der Waals surface area contributed by atoms with Gasteiger partial charge in [0.25, 0.3) is 5.91 Å². The Balaban J connectivity index is 2.35. The van der Waals surface area contributed by atoms with Crippen molar-refractivity contribution in [3.8, 4) is 0 Å². The summed E-state index contributed by atoms with van der Waals surface area (Å²) in [4.78, 5) is 12.4.